The highest BCUT2D eigenvalue weighted by atomic mass is 16.4. The molecular formula is C11H19NO3. The van der Waals surface area contributed by atoms with E-state index in [9.17, 15) is 14.7 Å². The van der Waals surface area contributed by atoms with Gasteiger partial charge in [-0.1, -0.05) is 27.7 Å². The fourth-order valence-corrected chi connectivity index (χ4v) is 3.27. The second kappa shape index (κ2) is 2.97. The van der Waals surface area contributed by atoms with Crippen LogP contribution in [-0.4, -0.2) is 17.0 Å². The molecule has 0 unspecified atom stereocenters. The average molecular weight is 213 g/mol. The summed E-state index contributed by atoms with van der Waals surface area (Å²) in [7, 11) is 0. The number of aliphatic carboxylic acids is 1. The first-order valence-electron chi connectivity index (χ1n) is 5.13. The summed E-state index contributed by atoms with van der Waals surface area (Å²) in [5, 5.41) is 9.40. The Morgan fingerprint density at radius 2 is 1.40 bits per heavy atom. The maximum absolute atomic E-state index is 11.6. The van der Waals surface area contributed by atoms with E-state index in [-0.39, 0.29) is 0 Å². The lowest BCUT2D eigenvalue weighted by molar-refractivity contribution is -0.169. The molecule has 0 bridgehead atoms. The molecule has 0 heterocycles. The van der Waals surface area contributed by atoms with Gasteiger partial charge >= 0.3 is 5.97 Å². The zero-order valence-electron chi connectivity index (χ0n) is 9.76. The molecule has 0 aliphatic heterocycles. The molecule has 1 aliphatic carbocycles. The van der Waals surface area contributed by atoms with E-state index in [1.165, 1.54) is 0 Å². The number of hydrogen-bond acceptors (Lipinski definition) is 2. The third-order valence-corrected chi connectivity index (χ3v) is 4.10. The molecule has 0 atom stereocenters. The largest absolute Gasteiger partial charge is 0.480 e. The molecule has 1 aliphatic rings. The summed E-state index contributed by atoms with van der Waals surface area (Å²) >= 11 is 0. The molecule has 4 heteroatoms. The minimum absolute atomic E-state index is 0.589. The number of nitrogens with two attached hydrogens (primary N) is 1. The van der Waals surface area contributed by atoms with Gasteiger partial charge in [0.25, 0.3) is 0 Å². The molecule has 0 saturated heterocycles. The van der Waals surface area contributed by atoms with E-state index in [1.54, 1.807) is 27.7 Å². The molecule has 0 spiro atoms. The van der Waals surface area contributed by atoms with Gasteiger partial charge in [-0.3, -0.25) is 9.59 Å². The van der Waals surface area contributed by atoms with Crippen LogP contribution >= 0.6 is 0 Å². The third-order valence-electron chi connectivity index (χ3n) is 4.10. The molecule has 0 aromatic heterocycles. The van der Waals surface area contributed by atoms with Crippen molar-refractivity contribution < 1.29 is 14.7 Å². The second-order valence-electron chi connectivity index (χ2n) is 5.69. The SMILES string of the molecule is CC1(C)CCC(C)(C)C1(C(N)=O)C(=O)O. The van der Waals surface area contributed by atoms with Crippen molar-refractivity contribution in [2.45, 2.75) is 40.5 Å². The standard InChI is InChI=1S/C11H19NO3/c1-9(2)5-6-10(3,4)11(9,7(12)13)8(14)15/h5-6H2,1-4H3,(H2,12,13)(H,14,15). The third kappa shape index (κ3) is 1.20. The Morgan fingerprint density at radius 3 is 1.53 bits per heavy atom. The lowest BCUT2D eigenvalue weighted by Crippen LogP contribution is -2.57. The first-order chi connectivity index (χ1) is 6.59. The van der Waals surface area contributed by atoms with E-state index in [4.69, 9.17) is 5.73 Å². The number of rotatable bonds is 2. The summed E-state index contributed by atoms with van der Waals surface area (Å²) in [5.41, 5.74) is 2.73. The summed E-state index contributed by atoms with van der Waals surface area (Å²) in [4.78, 5) is 23.1. The van der Waals surface area contributed by atoms with E-state index in [0.29, 0.717) is 12.8 Å². The minimum atomic E-state index is -1.46. The fraction of sp³-hybridized carbons (Fsp3) is 0.818. The normalized spacial score (nSPS) is 26.1. The fourth-order valence-electron chi connectivity index (χ4n) is 3.27. The Morgan fingerprint density at radius 1 is 1.07 bits per heavy atom. The van der Waals surface area contributed by atoms with Gasteiger partial charge in [-0.15, -0.1) is 0 Å². The van der Waals surface area contributed by atoms with Crippen molar-refractivity contribution in [3.63, 3.8) is 0 Å². The number of carboxylic acids is 1. The number of amides is 1. The first kappa shape index (κ1) is 12.0. The van der Waals surface area contributed by atoms with Crippen LogP contribution in [0.4, 0.5) is 0 Å². The molecule has 0 radical (unpaired) electrons. The van der Waals surface area contributed by atoms with Crippen LogP contribution in [0.25, 0.3) is 0 Å². The van der Waals surface area contributed by atoms with Gasteiger partial charge in [0.1, 0.15) is 0 Å². The van der Waals surface area contributed by atoms with Gasteiger partial charge in [-0.2, -0.15) is 0 Å². The molecule has 0 aromatic carbocycles. The molecule has 1 saturated carbocycles. The Kier molecular flexibility index (Phi) is 2.38. The van der Waals surface area contributed by atoms with Crippen LogP contribution in [0.1, 0.15) is 40.5 Å². The van der Waals surface area contributed by atoms with E-state index in [0.717, 1.165) is 0 Å². The van der Waals surface area contributed by atoms with Gasteiger partial charge in [0, 0.05) is 0 Å². The molecule has 86 valence electrons. The summed E-state index contributed by atoms with van der Waals surface area (Å²) in [6, 6.07) is 0. The Bertz CT molecular complexity index is 286. The van der Waals surface area contributed by atoms with Crippen molar-refractivity contribution in [3.05, 3.63) is 0 Å². The summed E-state index contributed by atoms with van der Waals surface area (Å²) in [6.45, 7) is 7.22. The lowest BCUT2D eigenvalue weighted by atomic mass is 9.58. The second-order valence-corrected chi connectivity index (χ2v) is 5.69. The summed E-state index contributed by atoms with van der Waals surface area (Å²) in [6.07, 6.45) is 1.41. The summed E-state index contributed by atoms with van der Waals surface area (Å²) in [5.74, 6) is -1.81. The zero-order valence-corrected chi connectivity index (χ0v) is 9.76. The Balaban J connectivity index is 3.48. The molecule has 15 heavy (non-hydrogen) atoms. The number of hydrogen-bond donors (Lipinski definition) is 2. The number of carboxylic acid groups (broad SMARTS) is 1. The van der Waals surface area contributed by atoms with Gasteiger partial charge < -0.3 is 10.8 Å². The predicted octanol–water partition coefficient (Wildman–Crippen LogP) is 1.39. The maximum Gasteiger partial charge on any atom is 0.320 e. The van der Waals surface area contributed by atoms with Gasteiger partial charge in [0.2, 0.25) is 5.91 Å². The molecule has 3 N–H and O–H groups in total. The summed E-state index contributed by atoms with van der Waals surface area (Å²) < 4.78 is 0. The van der Waals surface area contributed by atoms with Gasteiger partial charge in [-0.05, 0) is 23.7 Å². The molecule has 0 aromatic rings. The topological polar surface area (TPSA) is 80.4 Å². The molecule has 1 amide bonds. The van der Waals surface area contributed by atoms with Gasteiger partial charge in [-0.25, -0.2) is 0 Å². The maximum atomic E-state index is 11.6. The molecule has 1 fully saturated rings. The van der Waals surface area contributed by atoms with Crippen LogP contribution < -0.4 is 5.73 Å². The molecule has 1 rings (SSSR count). The van der Waals surface area contributed by atoms with E-state index in [1.807, 2.05) is 0 Å². The zero-order chi connectivity index (χ0) is 12.1. The van der Waals surface area contributed by atoms with Crippen molar-refractivity contribution in [2.75, 3.05) is 0 Å². The molecule has 4 nitrogen and oxygen atoms in total. The van der Waals surface area contributed by atoms with Gasteiger partial charge in [0.15, 0.2) is 5.41 Å². The van der Waals surface area contributed by atoms with Crippen molar-refractivity contribution in [3.8, 4) is 0 Å². The highest BCUT2D eigenvalue weighted by Gasteiger charge is 2.68. The highest BCUT2D eigenvalue weighted by molar-refractivity contribution is 6.03. The van der Waals surface area contributed by atoms with E-state index in [2.05, 4.69) is 0 Å². The van der Waals surface area contributed by atoms with Crippen molar-refractivity contribution in [2.24, 2.45) is 22.0 Å². The number of primary amides is 1. The monoisotopic (exact) mass is 213 g/mol. The van der Waals surface area contributed by atoms with Crippen molar-refractivity contribution in [1.29, 1.82) is 0 Å². The van der Waals surface area contributed by atoms with Crippen LogP contribution in [0.3, 0.4) is 0 Å². The van der Waals surface area contributed by atoms with Crippen LogP contribution in [0.2, 0.25) is 0 Å². The Labute approximate surface area is 89.8 Å². The lowest BCUT2D eigenvalue weighted by Gasteiger charge is -2.42. The van der Waals surface area contributed by atoms with E-state index < -0.39 is 28.1 Å². The minimum Gasteiger partial charge on any atom is -0.480 e. The van der Waals surface area contributed by atoms with Crippen LogP contribution in [0.15, 0.2) is 0 Å². The smallest absolute Gasteiger partial charge is 0.320 e. The molecular weight excluding hydrogens is 194 g/mol. The van der Waals surface area contributed by atoms with Crippen molar-refractivity contribution in [1.82, 2.24) is 0 Å². The number of carbonyl (C=O) groups is 2. The van der Waals surface area contributed by atoms with Crippen LogP contribution in [0, 0.1) is 16.2 Å². The van der Waals surface area contributed by atoms with Crippen molar-refractivity contribution >= 4 is 11.9 Å². The Hall–Kier alpha value is -1.06. The quantitative estimate of drug-likeness (QED) is 0.680. The van der Waals surface area contributed by atoms with Crippen LogP contribution in [-0.2, 0) is 9.59 Å². The van der Waals surface area contributed by atoms with Crippen LogP contribution in [0.5, 0.6) is 0 Å². The average Bonchev–Trinajstić information content (AvgIpc) is 2.17. The predicted molar refractivity (Wildman–Crippen MR) is 56.1 cm³/mol. The van der Waals surface area contributed by atoms with Gasteiger partial charge in [0.05, 0.1) is 0 Å². The number of carbonyl (C=O) groups excluding carboxylic acids is 1. The first-order valence-corrected chi connectivity index (χ1v) is 5.13. The van der Waals surface area contributed by atoms with E-state index >= 15 is 0 Å². The highest BCUT2D eigenvalue weighted by Crippen LogP contribution is 2.62.